The number of nitrogens with zero attached hydrogens (tertiary/aromatic N) is 1. The summed E-state index contributed by atoms with van der Waals surface area (Å²) in [6, 6.07) is 10.9. The molecule has 2 aromatic carbocycles. The molecule has 0 saturated heterocycles. The molecule has 0 aliphatic carbocycles. The van der Waals surface area contributed by atoms with Crippen molar-refractivity contribution < 1.29 is 17.5 Å². The lowest BCUT2D eigenvalue weighted by molar-refractivity contribution is 0.400. The van der Waals surface area contributed by atoms with E-state index in [0.717, 1.165) is 24.5 Å². The van der Waals surface area contributed by atoms with Crippen LogP contribution in [-0.4, -0.2) is 22.1 Å². The molecule has 0 radical (unpaired) electrons. The summed E-state index contributed by atoms with van der Waals surface area (Å²) in [4.78, 5) is -0.147. The topological polar surface area (TPSA) is 46.6 Å². The lowest BCUT2D eigenvalue weighted by Crippen LogP contribution is -2.35. The number of hydrogen-bond donors (Lipinski definition) is 0. The summed E-state index contributed by atoms with van der Waals surface area (Å²) in [5, 5.41) is 0. The van der Waals surface area contributed by atoms with Gasteiger partial charge in [0.05, 0.1) is 12.8 Å². The first-order valence-corrected chi connectivity index (χ1v) is 8.42. The van der Waals surface area contributed by atoms with Gasteiger partial charge < -0.3 is 4.74 Å². The van der Waals surface area contributed by atoms with Crippen LogP contribution in [0.25, 0.3) is 0 Å². The maximum Gasteiger partial charge on any atom is 0.268 e. The monoisotopic (exact) mass is 321 g/mol. The summed E-state index contributed by atoms with van der Waals surface area (Å²) in [6.45, 7) is 0.374. The van der Waals surface area contributed by atoms with E-state index in [9.17, 15) is 12.8 Å². The number of halogens is 1. The number of aryl methyl sites for hydroxylation is 1. The summed E-state index contributed by atoms with van der Waals surface area (Å²) < 4.78 is 45.9. The van der Waals surface area contributed by atoms with Crippen molar-refractivity contribution in [3.05, 3.63) is 53.8 Å². The molecular formula is C16H16FNO3S. The fraction of sp³-hybridized carbons (Fsp3) is 0.250. The fourth-order valence-corrected chi connectivity index (χ4v) is 4.43. The van der Waals surface area contributed by atoms with Crippen LogP contribution in [0.1, 0.15) is 12.0 Å². The number of sulfonamides is 1. The number of benzene rings is 2. The van der Waals surface area contributed by atoms with Crippen molar-refractivity contribution in [2.45, 2.75) is 17.7 Å². The lowest BCUT2D eigenvalue weighted by atomic mass is 10.0. The molecule has 6 heteroatoms. The highest BCUT2D eigenvalue weighted by atomic mass is 32.2. The van der Waals surface area contributed by atoms with E-state index >= 15 is 0 Å². The molecule has 4 nitrogen and oxygen atoms in total. The van der Waals surface area contributed by atoms with Crippen LogP contribution in [0.4, 0.5) is 10.1 Å². The lowest BCUT2D eigenvalue weighted by Gasteiger charge is -2.30. The van der Waals surface area contributed by atoms with Crippen LogP contribution >= 0.6 is 0 Å². The zero-order valence-electron chi connectivity index (χ0n) is 12.1. The molecule has 0 bridgehead atoms. The van der Waals surface area contributed by atoms with Gasteiger partial charge in [0.15, 0.2) is 0 Å². The van der Waals surface area contributed by atoms with Gasteiger partial charge in [-0.2, -0.15) is 0 Å². The molecule has 1 aliphatic heterocycles. The molecule has 3 rings (SSSR count). The molecule has 0 spiro atoms. The fourth-order valence-electron chi connectivity index (χ4n) is 2.72. The smallest absolute Gasteiger partial charge is 0.268 e. The number of fused-ring (bicyclic) bond motifs is 1. The van der Waals surface area contributed by atoms with E-state index in [4.69, 9.17) is 4.74 Å². The van der Waals surface area contributed by atoms with Crippen molar-refractivity contribution in [3.8, 4) is 5.75 Å². The van der Waals surface area contributed by atoms with Crippen LogP contribution in [0.3, 0.4) is 0 Å². The molecule has 1 heterocycles. The quantitative estimate of drug-likeness (QED) is 0.873. The first kappa shape index (κ1) is 14.8. The standard InChI is InChI=1S/C16H16FNO3S/c1-21-15-9-8-13(17)11-16(15)22(19,20)18-10-4-6-12-5-2-3-7-14(12)18/h2-3,5,7-9,11H,4,6,10H2,1H3. The average Bonchev–Trinajstić information content (AvgIpc) is 2.54. The normalized spacial score (nSPS) is 14.5. The SMILES string of the molecule is COc1ccc(F)cc1S(=O)(=O)N1CCCc2ccccc21. The molecule has 0 aromatic heterocycles. The molecule has 1 aliphatic rings. The van der Waals surface area contributed by atoms with Gasteiger partial charge in [-0.1, -0.05) is 18.2 Å². The Morgan fingerprint density at radius 1 is 1.18 bits per heavy atom. The zero-order chi connectivity index (χ0) is 15.7. The third-order valence-electron chi connectivity index (χ3n) is 3.76. The predicted molar refractivity (Wildman–Crippen MR) is 82.2 cm³/mol. The van der Waals surface area contributed by atoms with Crippen LogP contribution in [-0.2, 0) is 16.4 Å². The van der Waals surface area contributed by atoms with Gasteiger partial charge in [0.1, 0.15) is 16.5 Å². The Balaban J connectivity index is 2.14. The van der Waals surface area contributed by atoms with Gasteiger partial charge in [0, 0.05) is 6.54 Å². The van der Waals surface area contributed by atoms with Gasteiger partial charge in [0.25, 0.3) is 10.0 Å². The molecule has 2 aromatic rings. The van der Waals surface area contributed by atoms with Crippen molar-refractivity contribution in [1.29, 1.82) is 0 Å². The summed E-state index contributed by atoms with van der Waals surface area (Å²) in [5.74, 6) is -0.464. The third-order valence-corrected chi connectivity index (χ3v) is 5.60. The second-order valence-corrected chi connectivity index (χ2v) is 6.94. The maximum absolute atomic E-state index is 13.5. The van der Waals surface area contributed by atoms with Crippen LogP contribution in [0, 0.1) is 5.82 Å². The Morgan fingerprint density at radius 2 is 1.95 bits per heavy atom. The van der Waals surface area contributed by atoms with Crippen molar-refractivity contribution in [2.75, 3.05) is 18.0 Å². The van der Waals surface area contributed by atoms with Crippen molar-refractivity contribution in [2.24, 2.45) is 0 Å². The van der Waals surface area contributed by atoms with E-state index in [1.54, 1.807) is 12.1 Å². The van der Waals surface area contributed by atoms with Crippen molar-refractivity contribution in [3.63, 3.8) is 0 Å². The second-order valence-electron chi connectivity index (χ2n) is 5.10. The highest BCUT2D eigenvalue weighted by molar-refractivity contribution is 7.93. The zero-order valence-corrected chi connectivity index (χ0v) is 12.9. The van der Waals surface area contributed by atoms with Gasteiger partial charge in [-0.3, -0.25) is 4.31 Å². The average molecular weight is 321 g/mol. The van der Waals surface area contributed by atoms with E-state index in [-0.39, 0.29) is 10.6 Å². The van der Waals surface area contributed by atoms with Gasteiger partial charge in [0.2, 0.25) is 0 Å². The molecule has 22 heavy (non-hydrogen) atoms. The Bertz CT molecular complexity index is 805. The van der Waals surface area contributed by atoms with Gasteiger partial charge >= 0.3 is 0 Å². The number of anilines is 1. The maximum atomic E-state index is 13.5. The number of ether oxygens (including phenoxy) is 1. The largest absolute Gasteiger partial charge is 0.495 e. The molecule has 0 saturated carbocycles. The highest BCUT2D eigenvalue weighted by Crippen LogP contribution is 2.35. The van der Waals surface area contributed by atoms with E-state index in [2.05, 4.69) is 0 Å². The van der Waals surface area contributed by atoms with Crippen LogP contribution in [0.2, 0.25) is 0 Å². The first-order valence-electron chi connectivity index (χ1n) is 6.98. The molecule has 116 valence electrons. The van der Waals surface area contributed by atoms with Gasteiger partial charge in [-0.05, 0) is 42.7 Å². The minimum atomic E-state index is -3.87. The van der Waals surface area contributed by atoms with Crippen LogP contribution < -0.4 is 9.04 Å². The minimum Gasteiger partial charge on any atom is -0.495 e. The summed E-state index contributed by atoms with van der Waals surface area (Å²) in [6.07, 6.45) is 1.57. The molecule has 0 fully saturated rings. The van der Waals surface area contributed by atoms with E-state index in [0.29, 0.717) is 12.2 Å². The Kier molecular flexibility index (Phi) is 3.78. The number of rotatable bonds is 3. The minimum absolute atomic E-state index is 0.143. The van der Waals surface area contributed by atoms with E-state index in [1.807, 2.05) is 12.1 Å². The van der Waals surface area contributed by atoms with E-state index in [1.165, 1.54) is 23.5 Å². The summed E-state index contributed by atoms with van der Waals surface area (Å²) in [5.41, 5.74) is 1.63. The summed E-state index contributed by atoms with van der Waals surface area (Å²) >= 11 is 0. The summed E-state index contributed by atoms with van der Waals surface area (Å²) in [7, 11) is -2.50. The molecule has 0 amide bonds. The van der Waals surface area contributed by atoms with Crippen molar-refractivity contribution >= 4 is 15.7 Å². The Hall–Kier alpha value is -2.08. The molecular weight excluding hydrogens is 305 g/mol. The number of para-hydroxylation sites is 1. The van der Waals surface area contributed by atoms with Crippen LogP contribution in [0.5, 0.6) is 5.75 Å². The molecule has 0 N–H and O–H groups in total. The van der Waals surface area contributed by atoms with Crippen molar-refractivity contribution in [1.82, 2.24) is 0 Å². The Labute approximate surface area is 129 Å². The molecule has 0 atom stereocenters. The van der Waals surface area contributed by atoms with Crippen LogP contribution in [0.15, 0.2) is 47.4 Å². The van der Waals surface area contributed by atoms with E-state index < -0.39 is 15.8 Å². The highest BCUT2D eigenvalue weighted by Gasteiger charge is 2.31. The second kappa shape index (κ2) is 5.61. The number of hydrogen-bond acceptors (Lipinski definition) is 3. The van der Waals surface area contributed by atoms with Gasteiger partial charge in [-0.15, -0.1) is 0 Å². The van der Waals surface area contributed by atoms with Gasteiger partial charge in [-0.25, -0.2) is 12.8 Å². The molecule has 0 unspecified atom stereocenters. The Morgan fingerprint density at radius 3 is 2.73 bits per heavy atom. The third kappa shape index (κ3) is 2.43. The first-order chi connectivity index (χ1) is 10.5. The number of methoxy groups -OCH3 is 1. The predicted octanol–water partition coefficient (Wildman–Crippen LogP) is 2.98.